The quantitative estimate of drug-likeness (QED) is 0.680. The Morgan fingerprint density at radius 3 is 3.11 bits per heavy atom. The highest BCUT2D eigenvalue weighted by molar-refractivity contribution is 9.09. The first kappa shape index (κ1) is 6.77. The second kappa shape index (κ2) is 2.98. The molecule has 0 spiro atoms. The first-order valence-electron chi connectivity index (χ1n) is 2.58. The second-order valence-electron chi connectivity index (χ2n) is 1.68. The monoisotopic (exact) mass is 190 g/mol. The molecule has 1 rings (SSSR count). The number of nitrogens with zero attached hydrogens (tertiary/aromatic N) is 1. The number of aliphatic hydroxyl groups is 1. The first-order valence-corrected chi connectivity index (χ1v) is 3.70. The highest BCUT2D eigenvalue weighted by Gasteiger charge is 2.04. The lowest BCUT2D eigenvalue weighted by Crippen LogP contribution is -1.97. The van der Waals surface area contributed by atoms with Crippen molar-refractivity contribution < 1.29 is 5.11 Å². The summed E-state index contributed by atoms with van der Waals surface area (Å²) >= 11 is 3.14. The molecule has 0 aliphatic rings. The summed E-state index contributed by atoms with van der Waals surface area (Å²) in [5.74, 6) is 0. The van der Waals surface area contributed by atoms with E-state index >= 15 is 0 Å². The molecule has 0 bridgehead atoms. The van der Waals surface area contributed by atoms with E-state index in [0.717, 1.165) is 5.69 Å². The van der Waals surface area contributed by atoms with Crippen molar-refractivity contribution in [3.8, 4) is 0 Å². The molecule has 1 unspecified atom stereocenters. The van der Waals surface area contributed by atoms with Crippen molar-refractivity contribution in [1.29, 1.82) is 0 Å². The molecule has 0 fully saturated rings. The molecule has 0 amide bonds. The van der Waals surface area contributed by atoms with Gasteiger partial charge in [0, 0.05) is 11.5 Å². The number of aromatic nitrogens is 2. The zero-order valence-electron chi connectivity index (χ0n) is 4.71. The third kappa shape index (κ3) is 1.53. The second-order valence-corrected chi connectivity index (χ2v) is 2.33. The number of nitrogens with one attached hydrogen (secondary N) is 1. The molecule has 0 aromatic carbocycles. The van der Waals surface area contributed by atoms with Crippen molar-refractivity contribution in [3.63, 3.8) is 0 Å². The number of hydrogen-bond acceptors (Lipinski definition) is 2. The predicted octanol–water partition coefficient (Wildman–Crippen LogP) is 0.838. The number of alkyl halides is 1. The maximum absolute atomic E-state index is 9.10. The lowest BCUT2D eigenvalue weighted by molar-refractivity contribution is 0.200. The Kier molecular flexibility index (Phi) is 2.24. The molecule has 4 heteroatoms. The molecule has 0 saturated heterocycles. The van der Waals surface area contributed by atoms with Gasteiger partial charge in [-0.15, -0.1) is 0 Å². The van der Waals surface area contributed by atoms with Gasteiger partial charge in [-0.3, -0.25) is 5.10 Å². The fourth-order valence-electron chi connectivity index (χ4n) is 0.535. The average Bonchev–Trinajstić information content (AvgIpc) is 2.37. The van der Waals surface area contributed by atoms with E-state index in [1.54, 1.807) is 12.3 Å². The fourth-order valence-corrected chi connectivity index (χ4v) is 0.884. The van der Waals surface area contributed by atoms with Crippen LogP contribution in [-0.4, -0.2) is 20.6 Å². The van der Waals surface area contributed by atoms with Gasteiger partial charge in [-0.05, 0) is 6.07 Å². The van der Waals surface area contributed by atoms with E-state index in [1.807, 2.05) is 0 Å². The molecule has 1 heterocycles. The van der Waals surface area contributed by atoms with Crippen molar-refractivity contribution >= 4 is 15.9 Å². The number of rotatable bonds is 2. The SMILES string of the molecule is OC(CBr)c1ccn[nH]1. The van der Waals surface area contributed by atoms with Crippen LogP contribution in [0.5, 0.6) is 0 Å². The maximum atomic E-state index is 9.10. The highest BCUT2D eigenvalue weighted by atomic mass is 79.9. The molecule has 1 atom stereocenters. The van der Waals surface area contributed by atoms with Gasteiger partial charge in [-0.2, -0.15) is 5.10 Å². The van der Waals surface area contributed by atoms with Gasteiger partial charge in [0.05, 0.1) is 5.69 Å². The number of hydrogen-bond donors (Lipinski definition) is 2. The largest absolute Gasteiger partial charge is 0.386 e. The van der Waals surface area contributed by atoms with Crippen LogP contribution in [-0.2, 0) is 0 Å². The van der Waals surface area contributed by atoms with Crippen molar-refractivity contribution in [2.24, 2.45) is 0 Å². The molecule has 1 aromatic heterocycles. The molecule has 0 radical (unpaired) electrons. The van der Waals surface area contributed by atoms with Gasteiger partial charge in [-0.25, -0.2) is 0 Å². The van der Waals surface area contributed by atoms with Gasteiger partial charge in [0.15, 0.2) is 0 Å². The van der Waals surface area contributed by atoms with E-state index in [9.17, 15) is 0 Å². The molecule has 9 heavy (non-hydrogen) atoms. The van der Waals surface area contributed by atoms with Crippen LogP contribution in [0.4, 0.5) is 0 Å². The summed E-state index contributed by atoms with van der Waals surface area (Å²) in [7, 11) is 0. The van der Waals surface area contributed by atoms with Gasteiger partial charge < -0.3 is 5.11 Å². The lowest BCUT2D eigenvalue weighted by atomic mass is 10.3. The van der Waals surface area contributed by atoms with Crippen LogP contribution in [0.2, 0.25) is 0 Å². The van der Waals surface area contributed by atoms with E-state index in [2.05, 4.69) is 26.1 Å². The van der Waals surface area contributed by atoms with Gasteiger partial charge in [-0.1, -0.05) is 15.9 Å². The molecule has 50 valence electrons. The molecule has 1 aromatic rings. The minimum atomic E-state index is -0.465. The van der Waals surface area contributed by atoms with Crippen molar-refractivity contribution in [1.82, 2.24) is 10.2 Å². The Hall–Kier alpha value is -0.350. The Balaban J connectivity index is 2.65. The van der Waals surface area contributed by atoms with Crippen molar-refractivity contribution in [3.05, 3.63) is 18.0 Å². The van der Waals surface area contributed by atoms with E-state index < -0.39 is 6.10 Å². The minimum Gasteiger partial charge on any atom is -0.386 e. The lowest BCUT2D eigenvalue weighted by Gasteiger charge is -2.00. The highest BCUT2D eigenvalue weighted by Crippen LogP contribution is 2.09. The summed E-state index contributed by atoms with van der Waals surface area (Å²) in [4.78, 5) is 0. The van der Waals surface area contributed by atoms with Crippen molar-refractivity contribution in [2.45, 2.75) is 6.10 Å². The summed E-state index contributed by atoms with van der Waals surface area (Å²) in [5.41, 5.74) is 0.742. The summed E-state index contributed by atoms with van der Waals surface area (Å²) in [6.07, 6.45) is 1.15. The van der Waals surface area contributed by atoms with Gasteiger partial charge >= 0.3 is 0 Å². The van der Waals surface area contributed by atoms with Crippen molar-refractivity contribution in [2.75, 3.05) is 5.33 Å². The summed E-state index contributed by atoms with van der Waals surface area (Å²) < 4.78 is 0. The van der Waals surface area contributed by atoms with Crippen LogP contribution < -0.4 is 0 Å². The van der Waals surface area contributed by atoms with Gasteiger partial charge in [0.1, 0.15) is 6.10 Å². The zero-order chi connectivity index (χ0) is 6.69. The van der Waals surface area contributed by atoms with Crippen LogP contribution >= 0.6 is 15.9 Å². The fraction of sp³-hybridized carbons (Fsp3) is 0.400. The zero-order valence-corrected chi connectivity index (χ0v) is 6.30. The Bertz CT molecular complexity index is 163. The number of halogens is 1. The number of aliphatic hydroxyl groups excluding tert-OH is 1. The maximum Gasteiger partial charge on any atom is 0.105 e. The van der Waals surface area contributed by atoms with Gasteiger partial charge in [0.2, 0.25) is 0 Å². The summed E-state index contributed by atoms with van der Waals surface area (Å²) in [6, 6.07) is 1.74. The van der Waals surface area contributed by atoms with Crippen LogP contribution in [0.1, 0.15) is 11.8 Å². The molecule has 2 N–H and O–H groups in total. The number of aromatic amines is 1. The molecule has 3 nitrogen and oxygen atoms in total. The van der Waals surface area contributed by atoms with E-state index in [1.165, 1.54) is 0 Å². The Morgan fingerprint density at radius 2 is 2.67 bits per heavy atom. The summed E-state index contributed by atoms with van der Waals surface area (Å²) in [6.45, 7) is 0. The summed E-state index contributed by atoms with van der Waals surface area (Å²) in [5, 5.41) is 16.0. The number of H-pyrrole nitrogens is 1. The molecular formula is C5H7BrN2O. The first-order chi connectivity index (χ1) is 4.34. The molecular weight excluding hydrogens is 184 g/mol. The molecule has 0 saturated carbocycles. The predicted molar refractivity (Wildman–Crippen MR) is 37.3 cm³/mol. The third-order valence-corrected chi connectivity index (χ3v) is 1.64. The minimum absolute atomic E-state index is 0.465. The topological polar surface area (TPSA) is 48.9 Å². The third-order valence-electron chi connectivity index (χ3n) is 1.03. The van der Waals surface area contributed by atoms with E-state index in [4.69, 9.17) is 5.11 Å². The van der Waals surface area contributed by atoms with E-state index in [-0.39, 0.29) is 0 Å². The standard InChI is InChI=1S/C5H7BrN2O/c6-3-5(9)4-1-2-7-8-4/h1-2,5,9H,3H2,(H,7,8). The van der Waals surface area contributed by atoms with E-state index in [0.29, 0.717) is 5.33 Å². The molecule has 0 aliphatic carbocycles. The van der Waals surface area contributed by atoms with Crippen LogP contribution in [0, 0.1) is 0 Å². The van der Waals surface area contributed by atoms with Crippen LogP contribution in [0.25, 0.3) is 0 Å². The smallest absolute Gasteiger partial charge is 0.105 e. The van der Waals surface area contributed by atoms with Crippen LogP contribution in [0.15, 0.2) is 12.3 Å². The average molecular weight is 191 g/mol. The molecule has 0 aliphatic heterocycles. The Morgan fingerprint density at radius 1 is 1.89 bits per heavy atom. The normalized spacial score (nSPS) is 13.6. The van der Waals surface area contributed by atoms with Crippen LogP contribution in [0.3, 0.4) is 0 Å². The Labute approximate surface area is 61.2 Å². The van der Waals surface area contributed by atoms with Gasteiger partial charge in [0.25, 0.3) is 0 Å².